The van der Waals surface area contributed by atoms with Gasteiger partial charge in [0.25, 0.3) is 0 Å². The smallest absolute Gasteiger partial charge is 0.0771 e. The molecule has 0 spiro atoms. The predicted octanol–water partition coefficient (Wildman–Crippen LogP) is 3.10. The van der Waals surface area contributed by atoms with E-state index in [1.165, 1.54) is 38.5 Å². The third-order valence-electron chi connectivity index (χ3n) is 5.07. The molecule has 2 fully saturated rings. The molecule has 2 rings (SSSR count). The van der Waals surface area contributed by atoms with Crippen LogP contribution in [0.1, 0.15) is 65.2 Å². The molecule has 0 aromatic rings. The average molecular weight is 239 g/mol. The van der Waals surface area contributed by atoms with Crippen molar-refractivity contribution in [3.8, 4) is 0 Å². The number of rotatable bonds is 4. The second-order valence-electron chi connectivity index (χ2n) is 6.62. The number of hydrogen-bond donors (Lipinski definition) is 2. The van der Waals surface area contributed by atoms with Crippen LogP contribution in [0.4, 0.5) is 0 Å². The molecule has 2 saturated carbocycles. The maximum atomic E-state index is 10.5. The Balaban J connectivity index is 1.73. The Labute approximate surface area is 106 Å². The minimum absolute atomic E-state index is 0.417. The van der Waals surface area contributed by atoms with Crippen LogP contribution < -0.4 is 5.32 Å². The van der Waals surface area contributed by atoms with Gasteiger partial charge in [-0.15, -0.1) is 0 Å². The third kappa shape index (κ3) is 3.69. The van der Waals surface area contributed by atoms with Gasteiger partial charge in [0.1, 0.15) is 0 Å². The van der Waals surface area contributed by atoms with Gasteiger partial charge in [-0.25, -0.2) is 0 Å². The molecule has 0 aliphatic heterocycles. The Morgan fingerprint density at radius 3 is 2.35 bits per heavy atom. The second-order valence-corrected chi connectivity index (χ2v) is 6.62. The van der Waals surface area contributed by atoms with Crippen LogP contribution >= 0.6 is 0 Å². The number of nitrogens with one attached hydrogen (secondary N) is 1. The van der Waals surface area contributed by atoms with Crippen molar-refractivity contribution in [3.05, 3.63) is 0 Å². The van der Waals surface area contributed by atoms with Gasteiger partial charge in [0, 0.05) is 12.6 Å². The molecule has 0 aromatic carbocycles. The molecule has 0 heterocycles. The van der Waals surface area contributed by atoms with Gasteiger partial charge in [0.2, 0.25) is 0 Å². The van der Waals surface area contributed by atoms with Crippen molar-refractivity contribution in [2.75, 3.05) is 6.54 Å². The van der Waals surface area contributed by atoms with Crippen LogP contribution in [0.15, 0.2) is 0 Å². The van der Waals surface area contributed by atoms with Crippen molar-refractivity contribution < 1.29 is 5.11 Å². The fraction of sp³-hybridized carbons (Fsp3) is 1.00. The van der Waals surface area contributed by atoms with E-state index in [0.29, 0.717) is 6.04 Å². The van der Waals surface area contributed by atoms with E-state index < -0.39 is 5.60 Å². The van der Waals surface area contributed by atoms with E-state index in [9.17, 15) is 5.11 Å². The average Bonchev–Trinajstić information content (AvgIpc) is 2.84. The standard InChI is InChI=1S/C15H29NO/c1-12-7-9-15(17,10-8-12)11-16-13(2)14-5-3-4-6-14/h12-14,16-17H,3-11H2,1-2H3. The molecule has 0 amide bonds. The zero-order valence-corrected chi connectivity index (χ0v) is 11.5. The molecule has 100 valence electrons. The largest absolute Gasteiger partial charge is 0.389 e. The molecule has 0 radical (unpaired) electrons. The van der Waals surface area contributed by atoms with Gasteiger partial charge in [-0.2, -0.15) is 0 Å². The van der Waals surface area contributed by atoms with Crippen LogP contribution in [-0.4, -0.2) is 23.3 Å². The molecule has 2 heteroatoms. The summed E-state index contributed by atoms with van der Waals surface area (Å²) in [6.07, 6.45) is 9.91. The van der Waals surface area contributed by atoms with Crippen molar-refractivity contribution in [2.45, 2.75) is 76.9 Å². The van der Waals surface area contributed by atoms with Crippen molar-refractivity contribution in [2.24, 2.45) is 11.8 Å². The summed E-state index contributed by atoms with van der Waals surface area (Å²) in [4.78, 5) is 0. The summed E-state index contributed by atoms with van der Waals surface area (Å²) in [6, 6.07) is 0.584. The lowest BCUT2D eigenvalue weighted by molar-refractivity contribution is -0.00905. The lowest BCUT2D eigenvalue weighted by Crippen LogP contribution is -2.47. The molecular formula is C15H29NO. The molecule has 2 nitrogen and oxygen atoms in total. The molecule has 2 aliphatic carbocycles. The summed E-state index contributed by atoms with van der Waals surface area (Å²) in [5.74, 6) is 1.66. The van der Waals surface area contributed by atoms with E-state index in [1.54, 1.807) is 0 Å². The van der Waals surface area contributed by atoms with Gasteiger partial charge in [0.05, 0.1) is 5.60 Å². The third-order valence-corrected chi connectivity index (χ3v) is 5.07. The van der Waals surface area contributed by atoms with Crippen LogP contribution in [0.2, 0.25) is 0 Å². The first-order valence-electron chi connectivity index (χ1n) is 7.55. The van der Waals surface area contributed by atoms with Gasteiger partial charge in [-0.05, 0) is 57.3 Å². The highest BCUT2D eigenvalue weighted by atomic mass is 16.3. The molecule has 0 aromatic heterocycles. The maximum absolute atomic E-state index is 10.5. The van der Waals surface area contributed by atoms with Crippen LogP contribution in [0, 0.1) is 11.8 Å². The van der Waals surface area contributed by atoms with Crippen LogP contribution in [0.25, 0.3) is 0 Å². The topological polar surface area (TPSA) is 32.3 Å². The van der Waals surface area contributed by atoms with Crippen LogP contribution in [0.5, 0.6) is 0 Å². The molecule has 0 bridgehead atoms. The van der Waals surface area contributed by atoms with E-state index in [1.807, 2.05) is 0 Å². The first-order valence-corrected chi connectivity index (χ1v) is 7.55. The highest BCUT2D eigenvalue weighted by Crippen LogP contribution is 2.32. The summed E-state index contributed by atoms with van der Waals surface area (Å²) in [7, 11) is 0. The molecule has 1 atom stereocenters. The zero-order chi connectivity index (χ0) is 12.3. The Kier molecular flexibility index (Phi) is 4.48. The minimum atomic E-state index is -0.417. The second kappa shape index (κ2) is 5.71. The molecule has 2 N–H and O–H groups in total. The van der Waals surface area contributed by atoms with Crippen molar-refractivity contribution in [1.82, 2.24) is 5.32 Å². The monoisotopic (exact) mass is 239 g/mol. The Morgan fingerprint density at radius 1 is 1.18 bits per heavy atom. The van der Waals surface area contributed by atoms with Crippen LogP contribution in [0.3, 0.4) is 0 Å². The van der Waals surface area contributed by atoms with E-state index in [0.717, 1.165) is 31.2 Å². The predicted molar refractivity (Wildman–Crippen MR) is 72.0 cm³/mol. The van der Waals surface area contributed by atoms with Gasteiger partial charge >= 0.3 is 0 Å². The number of hydrogen-bond acceptors (Lipinski definition) is 2. The van der Waals surface area contributed by atoms with Gasteiger partial charge in [-0.1, -0.05) is 19.8 Å². The molecule has 17 heavy (non-hydrogen) atoms. The maximum Gasteiger partial charge on any atom is 0.0771 e. The quantitative estimate of drug-likeness (QED) is 0.790. The molecule has 2 aliphatic rings. The molecule has 1 unspecified atom stereocenters. The fourth-order valence-corrected chi connectivity index (χ4v) is 3.45. The zero-order valence-electron chi connectivity index (χ0n) is 11.5. The summed E-state index contributed by atoms with van der Waals surface area (Å²) in [5, 5.41) is 14.1. The van der Waals surface area contributed by atoms with Crippen molar-refractivity contribution in [3.63, 3.8) is 0 Å². The van der Waals surface area contributed by atoms with Crippen LogP contribution in [-0.2, 0) is 0 Å². The first-order chi connectivity index (χ1) is 8.09. The Hall–Kier alpha value is -0.0800. The van der Waals surface area contributed by atoms with Gasteiger partial charge in [0.15, 0.2) is 0 Å². The van der Waals surface area contributed by atoms with Gasteiger partial charge in [-0.3, -0.25) is 0 Å². The van der Waals surface area contributed by atoms with E-state index in [2.05, 4.69) is 19.2 Å². The van der Waals surface area contributed by atoms with Gasteiger partial charge < -0.3 is 10.4 Å². The SMILES string of the molecule is CC1CCC(O)(CNC(C)C2CCCC2)CC1. The van der Waals surface area contributed by atoms with E-state index >= 15 is 0 Å². The van der Waals surface area contributed by atoms with E-state index in [4.69, 9.17) is 0 Å². The Bertz CT molecular complexity index is 227. The molecular weight excluding hydrogens is 210 g/mol. The highest BCUT2D eigenvalue weighted by molar-refractivity contribution is 4.88. The summed E-state index contributed by atoms with van der Waals surface area (Å²) < 4.78 is 0. The summed E-state index contributed by atoms with van der Waals surface area (Å²) in [5.41, 5.74) is -0.417. The summed E-state index contributed by atoms with van der Waals surface area (Å²) in [6.45, 7) is 5.40. The lowest BCUT2D eigenvalue weighted by Gasteiger charge is -2.36. The van der Waals surface area contributed by atoms with E-state index in [-0.39, 0.29) is 0 Å². The number of aliphatic hydroxyl groups is 1. The fourth-order valence-electron chi connectivity index (χ4n) is 3.45. The Morgan fingerprint density at radius 2 is 1.76 bits per heavy atom. The first kappa shape index (κ1) is 13.4. The highest BCUT2D eigenvalue weighted by Gasteiger charge is 2.32. The van der Waals surface area contributed by atoms with Crippen molar-refractivity contribution in [1.29, 1.82) is 0 Å². The molecule has 0 saturated heterocycles. The lowest BCUT2D eigenvalue weighted by atomic mass is 9.79. The summed E-state index contributed by atoms with van der Waals surface area (Å²) >= 11 is 0. The minimum Gasteiger partial charge on any atom is -0.389 e. The van der Waals surface area contributed by atoms with Crippen molar-refractivity contribution >= 4 is 0 Å². The normalized spacial score (nSPS) is 37.2.